The van der Waals surface area contributed by atoms with Crippen molar-refractivity contribution < 1.29 is 23.8 Å². The number of aromatic nitrogens is 1. The van der Waals surface area contributed by atoms with E-state index in [2.05, 4.69) is 10.3 Å². The lowest BCUT2D eigenvalue weighted by atomic mass is 9.97. The van der Waals surface area contributed by atoms with E-state index >= 15 is 0 Å². The van der Waals surface area contributed by atoms with Crippen molar-refractivity contribution >= 4 is 22.8 Å². The molecule has 0 bridgehead atoms. The van der Waals surface area contributed by atoms with Gasteiger partial charge in [-0.2, -0.15) is 0 Å². The van der Waals surface area contributed by atoms with Gasteiger partial charge in [0.1, 0.15) is 5.82 Å². The Morgan fingerprint density at radius 3 is 2.73 bits per heavy atom. The van der Waals surface area contributed by atoms with E-state index in [-0.39, 0.29) is 13.0 Å². The minimum Gasteiger partial charge on any atom is -0.481 e. The van der Waals surface area contributed by atoms with Crippen molar-refractivity contribution in [3.63, 3.8) is 0 Å². The van der Waals surface area contributed by atoms with Crippen molar-refractivity contribution in [1.82, 2.24) is 10.3 Å². The van der Waals surface area contributed by atoms with Crippen LogP contribution in [0.4, 0.5) is 4.39 Å². The number of hydrogen-bond acceptors (Lipinski definition) is 4. The zero-order valence-electron chi connectivity index (χ0n) is 14.7. The van der Waals surface area contributed by atoms with Crippen LogP contribution in [0.1, 0.15) is 48.2 Å². The Morgan fingerprint density at radius 2 is 2.12 bits per heavy atom. The van der Waals surface area contributed by atoms with Crippen molar-refractivity contribution in [2.45, 2.75) is 37.6 Å². The number of carbonyl (C=O) groups excluding carboxylic acids is 1. The Labute approximate surface area is 150 Å². The number of halogens is 1. The monoisotopic (exact) mass is 360 g/mol. The predicted molar refractivity (Wildman–Crippen MR) is 93.7 cm³/mol. The Hall–Kier alpha value is -2.54. The molecule has 6 nitrogen and oxygen atoms in total. The van der Waals surface area contributed by atoms with Crippen LogP contribution >= 0.6 is 0 Å². The van der Waals surface area contributed by atoms with Gasteiger partial charge in [-0.25, -0.2) is 4.39 Å². The van der Waals surface area contributed by atoms with Crippen molar-refractivity contribution in [1.29, 1.82) is 0 Å². The maximum Gasteiger partial charge on any atom is 0.305 e. The third kappa shape index (κ3) is 3.99. The fraction of sp³-hybridized carbons (Fsp3) is 0.421. The highest BCUT2D eigenvalue weighted by Gasteiger charge is 2.32. The number of carboxylic acid groups (broad SMARTS) is 1. The first-order chi connectivity index (χ1) is 12.3. The molecule has 0 radical (unpaired) electrons. The van der Waals surface area contributed by atoms with Crippen LogP contribution in [0.25, 0.3) is 10.9 Å². The van der Waals surface area contributed by atoms with Gasteiger partial charge in [0, 0.05) is 24.1 Å². The maximum absolute atomic E-state index is 13.7. The number of nitrogens with zero attached hydrogens (tertiary/aromatic N) is 1. The Morgan fingerprint density at radius 1 is 1.38 bits per heavy atom. The zero-order valence-corrected chi connectivity index (χ0v) is 14.7. The first kappa shape index (κ1) is 18.3. The highest BCUT2D eigenvalue weighted by atomic mass is 19.1. The molecule has 1 aromatic carbocycles. The van der Waals surface area contributed by atoms with Gasteiger partial charge in [0.2, 0.25) is 0 Å². The first-order valence-electron chi connectivity index (χ1n) is 8.45. The second kappa shape index (κ2) is 6.99. The molecule has 1 aliphatic rings. The molecule has 0 saturated heterocycles. The molecule has 1 heterocycles. The van der Waals surface area contributed by atoms with Crippen LogP contribution in [0.5, 0.6) is 0 Å². The number of nitrogens with one attached hydrogen (secondary N) is 1. The maximum atomic E-state index is 13.7. The second-order valence-corrected chi connectivity index (χ2v) is 7.05. The summed E-state index contributed by atoms with van der Waals surface area (Å²) in [6.07, 6.45) is 1.74. The summed E-state index contributed by atoms with van der Waals surface area (Å²) in [5, 5.41) is 12.3. The van der Waals surface area contributed by atoms with E-state index in [1.54, 1.807) is 19.1 Å². The summed E-state index contributed by atoms with van der Waals surface area (Å²) in [5.74, 6) is -1.65. The van der Waals surface area contributed by atoms with Crippen molar-refractivity contribution in [3.8, 4) is 0 Å². The normalized spacial score (nSPS) is 16.3. The van der Waals surface area contributed by atoms with Crippen LogP contribution in [0.2, 0.25) is 0 Å². The number of carbonyl (C=O) groups is 2. The van der Waals surface area contributed by atoms with Gasteiger partial charge in [-0.1, -0.05) is 0 Å². The third-order valence-electron chi connectivity index (χ3n) is 4.45. The van der Waals surface area contributed by atoms with Crippen LogP contribution in [0.15, 0.2) is 24.3 Å². The lowest BCUT2D eigenvalue weighted by molar-refractivity contribution is -0.139. The molecule has 7 heteroatoms. The molecular formula is C19H21FN2O4. The number of aliphatic carboxylic acids is 1. The quantitative estimate of drug-likeness (QED) is 0.793. The molecule has 1 aromatic heterocycles. The molecule has 0 spiro atoms. The van der Waals surface area contributed by atoms with Gasteiger partial charge in [0.25, 0.3) is 5.91 Å². The lowest BCUT2D eigenvalue weighted by Crippen LogP contribution is -2.50. The van der Waals surface area contributed by atoms with E-state index in [1.807, 2.05) is 0 Å². The fourth-order valence-corrected chi connectivity index (χ4v) is 3.12. The summed E-state index contributed by atoms with van der Waals surface area (Å²) >= 11 is 0. The highest BCUT2D eigenvalue weighted by Crippen LogP contribution is 2.40. The average Bonchev–Trinajstić information content (AvgIpc) is 3.37. The van der Waals surface area contributed by atoms with Crippen LogP contribution in [-0.4, -0.2) is 41.2 Å². The summed E-state index contributed by atoms with van der Waals surface area (Å²) in [6.45, 7) is 1.65. The Kier molecular flexibility index (Phi) is 4.91. The molecular weight excluding hydrogens is 339 g/mol. The van der Waals surface area contributed by atoms with Gasteiger partial charge in [0.15, 0.2) is 0 Å². The van der Waals surface area contributed by atoms with Gasteiger partial charge < -0.3 is 15.2 Å². The van der Waals surface area contributed by atoms with Crippen LogP contribution in [0, 0.1) is 5.82 Å². The zero-order chi connectivity index (χ0) is 18.9. The van der Waals surface area contributed by atoms with E-state index in [1.165, 1.54) is 19.2 Å². The van der Waals surface area contributed by atoms with Crippen LogP contribution in [0.3, 0.4) is 0 Å². The van der Waals surface area contributed by atoms with Gasteiger partial charge in [-0.15, -0.1) is 0 Å². The number of pyridine rings is 1. The van der Waals surface area contributed by atoms with Gasteiger partial charge in [-0.3, -0.25) is 14.6 Å². The second-order valence-electron chi connectivity index (χ2n) is 7.05. The average molecular weight is 360 g/mol. The number of amides is 1. The van der Waals surface area contributed by atoms with Gasteiger partial charge in [0.05, 0.1) is 29.6 Å². The molecule has 1 unspecified atom stereocenters. The topological polar surface area (TPSA) is 88.5 Å². The molecule has 2 N–H and O–H groups in total. The summed E-state index contributed by atoms with van der Waals surface area (Å²) in [6, 6.07) is 5.83. The number of rotatable bonds is 7. The summed E-state index contributed by atoms with van der Waals surface area (Å²) in [7, 11) is 1.44. The Bertz CT molecular complexity index is 866. The number of methoxy groups -OCH3 is 1. The largest absolute Gasteiger partial charge is 0.481 e. The number of carboxylic acids is 1. The highest BCUT2D eigenvalue weighted by molar-refractivity contribution is 6.06. The molecule has 3 rings (SSSR count). The van der Waals surface area contributed by atoms with E-state index in [4.69, 9.17) is 9.84 Å². The van der Waals surface area contributed by atoms with Gasteiger partial charge >= 0.3 is 5.97 Å². The van der Waals surface area contributed by atoms with E-state index in [0.717, 1.165) is 18.5 Å². The first-order valence-corrected chi connectivity index (χ1v) is 8.45. The fourth-order valence-electron chi connectivity index (χ4n) is 3.12. The summed E-state index contributed by atoms with van der Waals surface area (Å²) in [4.78, 5) is 28.6. The standard InChI is InChI=1S/C19H21FN2O4/c1-19(10-26-2,9-17(23)24)22-18(25)14-8-16(11-3-4-11)21-15-6-5-12(20)7-13(14)15/h5-8,11H,3-4,9-10H2,1-2H3,(H,22,25)(H,23,24). The molecule has 1 aliphatic carbocycles. The number of ether oxygens (including phenoxy) is 1. The lowest BCUT2D eigenvalue weighted by Gasteiger charge is -2.28. The Balaban J connectivity index is 2.00. The minimum absolute atomic E-state index is 0.0396. The molecule has 1 fully saturated rings. The molecule has 1 atom stereocenters. The molecule has 138 valence electrons. The predicted octanol–water partition coefficient (Wildman–Crippen LogP) is 2.86. The van der Waals surface area contributed by atoms with Crippen molar-refractivity contribution in [2.24, 2.45) is 0 Å². The van der Waals surface area contributed by atoms with Crippen molar-refractivity contribution in [2.75, 3.05) is 13.7 Å². The number of benzene rings is 1. The summed E-state index contributed by atoms with van der Waals surface area (Å²) in [5.41, 5.74) is 0.568. The van der Waals surface area contributed by atoms with E-state index in [0.29, 0.717) is 22.4 Å². The van der Waals surface area contributed by atoms with E-state index in [9.17, 15) is 14.0 Å². The van der Waals surface area contributed by atoms with Crippen LogP contribution < -0.4 is 5.32 Å². The smallest absolute Gasteiger partial charge is 0.305 e. The molecule has 1 saturated carbocycles. The molecule has 2 aromatic rings. The SMILES string of the molecule is COCC(C)(CC(=O)O)NC(=O)c1cc(C2CC2)nc2ccc(F)cc12. The van der Waals surface area contributed by atoms with Crippen LogP contribution in [-0.2, 0) is 9.53 Å². The minimum atomic E-state index is -1.08. The molecule has 1 amide bonds. The number of hydrogen-bond donors (Lipinski definition) is 2. The van der Waals surface area contributed by atoms with Gasteiger partial charge in [-0.05, 0) is 44.0 Å². The third-order valence-corrected chi connectivity index (χ3v) is 4.45. The number of fused-ring (bicyclic) bond motifs is 1. The van der Waals surface area contributed by atoms with Crippen molar-refractivity contribution in [3.05, 3.63) is 41.3 Å². The molecule has 26 heavy (non-hydrogen) atoms. The molecule has 0 aliphatic heterocycles. The summed E-state index contributed by atoms with van der Waals surface area (Å²) < 4.78 is 18.8. The van der Waals surface area contributed by atoms with E-state index < -0.39 is 23.2 Å².